The molecule has 0 unspecified atom stereocenters. The summed E-state index contributed by atoms with van der Waals surface area (Å²) < 4.78 is 5.60. The molecule has 1 amide bonds. The van der Waals surface area contributed by atoms with Crippen LogP contribution in [0.25, 0.3) is 0 Å². The Morgan fingerprint density at radius 3 is 2.58 bits per heavy atom. The minimum Gasteiger partial charge on any atom is -0.494 e. The van der Waals surface area contributed by atoms with Gasteiger partial charge in [-0.3, -0.25) is 4.79 Å². The van der Waals surface area contributed by atoms with Crippen LogP contribution in [-0.2, 0) is 9.59 Å². The number of piperidine rings is 1. The monoisotopic (exact) mass is 355 g/mol. The van der Waals surface area contributed by atoms with Crippen LogP contribution in [0.2, 0.25) is 5.02 Å². The lowest BCUT2D eigenvalue weighted by Gasteiger charge is -2.35. The molecule has 1 saturated heterocycles. The molecule has 1 aliphatic heterocycles. The molecule has 6 nitrogen and oxygen atoms in total. The van der Waals surface area contributed by atoms with Crippen LogP contribution in [0, 0.1) is 6.92 Å². The molecule has 0 aromatic heterocycles. The zero-order valence-corrected chi connectivity index (χ0v) is 14.4. The van der Waals surface area contributed by atoms with Gasteiger partial charge in [0, 0.05) is 37.4 Å². The third-order valence-electron chi connectivity index (χ3n) is 4.27. The first-order chi connectivity index (χ1) is 11.3. The molecule has 0 radical (unpaired) electrons. The maximum atomic E-state index is 12.1. The Hall–Kier alpha value is -1.79. The predicted octanol–water partition coefficient (Wildman–Crippen LogP) is 2.25. The first-order valence-corrected chi connectivity index (χ1v) is 8.32. The predicted molar refractivity (Wildman–Crippen MR) is 89.3 cm³/mol. The summed E-state index contributed by atoms with van der Waals surface area (Å²) in [6.07, 6.45) is 1.03. The maximum absolute atomic E-state index is 12.1. The van der Waals surface area contributed by atoms with E-state index in [1.165, 1.54) is 0 Å². The van der Waals surface area contributed by atoms with Gasteiger partial charge >= 0.3 is 5.97 Å². The molecule has 2 N–H and O–H groups in total. The quantitative estimate of drug-likeness (QED) is 0.764. The van der Waals surface area contributed by atoms with Crippen molar-refractivity contribution in [3.63, 3.8) is 0 Å². The van der Waals surface area contributed by atoms with Gasteiger partial charge in [0.1, 0.15) is 5.75 Å². The molecule has 0 bridgehead atoms. The highest BCUT2D eigenvalue weighted by Gasteiger charge is 2.40. The Balaban J connectivity index is 1.70. The van der Waals surface area contributed by atoms with Crippen molar-refractivity contribution in [1.82, 2.24) is 4.90 Å². The summed E-state index contributed by atoms with van der Waals surface area (Å²) in [4.78, 5) is 24.7. The number of likely N-dealkylation sites (tertiary alicyclic amines) is 1. The van der Waals surface area contributed by atoms with Crippen molar-refractivity contribution in [2.45, 2.75) is 38.2 Å². The molecule has 1 heterocycles. The van der Waals surface area contributed by atoms with Crippen molar-refractivity contribution >= 4 is 23.5 Å². The minimum absolute atomic E-state index is 0.0432. The molecule has 1 fully saturated rings. The number of halogens is 1. The number of hydrogen-bond acceptors (Lipinski definition) is 4. The van der Waals surface area contributed by atoms with E-state index in [9.17, 15) is 14.7 Å². The van der Waals surface area contributed by atoms with Crippen LogP contribution in [0.4, 0.5) is 0 Å². The largest absolute Gasteiger partial charge is 0.494 e. The normalized spacial score (nSPS) is 16.7. The molecule has 2 rings (SSSR count). The molecule has 132 valence electrons. The first-order valence-electron chi connectivity index (χ1n) is 7.94. The molecule has 0 aliphatic carbocycles. The SMILES string of the molecule is Cc1cc(OCCCC(=O)N2CCC(O)(C(=O)O)CC2)ccc1Cl. The highest BCUT2D eigenvalue weighted by molar-refractivity contribution is 6.31. The minimum atomic E-state index is -1.70. The maximum Gasteiger partial charge on any atom is 0.335 e. The summed E-state index contributed by atoms with van der Waals surface area (Å²) >= 11 is 5.95. The Morgan fingerprint density at radius 2 is 2.00 bits per heavy atom. The van der Waals surface area contributed by atoms with Gasteiger partial charge in [-0.05, 0) is 37.1 Å². The van der Waals surface area contributed by atoms with Gasteiger partial charge < -0.3 is 19.8 Å². The van der Waals surface area contributed by atoms with Crippen LogP contribution in [0.5, 0.6) is 5.75 Å². The van der Waals surface area contributed by atoms with E-state index in [-0.39, 0.29) is 31.8 Å². The molecule has 0 saturated carbocycles. The molecule has 7 heteroatoms. The number of nitrogens with zero attached hydrogens (tertiary/aromatic N) is 1. The smallest absolute Gasteiger partial charge is 0.335 e. The fraction of sp³-hybridized carbons (Fsp3) is 0.529. The Labute approximate surface area is 146 Å². The average Bonchev–Trinajstić information content (AvgIpc) is 2.55. The highest BCUT2D eigenvalue weighted by Crippen LogP contribution is 2.23. The molecule has 24 heavy (non-hydrogen) atoms. The topological polar surface area (TPSA) is 87.1 Å². The van der Waals surface area contributed by atoms with E-state index in [2.05, 4.69) is 0 Å². The van der Waals surface area contributed by atoms with Gasteiger partial charge in [0.15, 0.2) is 5.60 Å². The second-order valence-corrected chi connectivity index (χ2v) is 6.49. The van der Waals surface area contributed by atoms with Crippen molar-refractivity contribution in [1.29, 1.82) is 0 Å². The van der Waals surface area contributed by atoms with E-state index < -0.39 is 11.6 Å². The molecular weight excluding hydrogens is 334 g/mol. The number of aliphatic carboxylic acids is 1. The second-order valence-electron chi connectivity index (χ2n) is 6.08. The van der Waals surface area contributed by atoms with Gasteiger partial charge in [-0.2, -0.15) is 0 Å². The lowest BCUT2D eigenvalue weighted by molar-refractivity contribution is -0.165. The van der Waals surface area contributed by atoms with Gasteiger partial charge in [0.25, 0.3) is 0 Å². The van der Waals surface area contributed by atoms with Crippen molar-refractivity contribution in [2.24, 2.45) is 0 Å². The summed E-state index contributed by atoms with van der Waals surface area (Å²) in [6.45, 7) is 2.84. The first kappa shape index (κ1) is 18.5. The van der Waals surface area contributed by atoms with Crippen LogP contribution >= 0.6 is 11.6 Å². The molecule has 0 spiro atoms. The fourth-order valence-corrected chi connectivity index (χ4v) is 2.74. The average molecular weight is 356 g/mol. The third kappa shape index (κ3) is 4.61. The van der Waals surface area contributed by atoms with Crippen LogP contribution < -0.4 is 4.74 Å². The number of carbonyl (C=O) groups excluding carboxylic acids is 1. The van der Waals surface area contributed by atoms with E-state index in [0.717, 1.165) is 5.56 Å². The van der Waals surface area contributed by atoms with E-state index in [1.54, 1.807) is 17.0 Å². The number of amides is 1. The number of carboxylic acids is 1. The van der Waals surface area contributed by atoms with Crippen LogP contribution in [0.15, 0.2) is 18.2 Å². The summed E-state index contributed by atoms with van der Waals surface area (Å²) in [7, 11) is 0. The van der Waals surface area contributed by atoms with E-state index in [0.29, 0.717) is 30.2 Å². The van der Waals surface area contributed by atoms with Gasteiger partial charge in [-0.15, -0.1) is 0 Å². The fourth-order valence-electron chi connectivity index (χ4n) is 2.62. The van der Waals surface area contributed by atoms with Gasteiger partial charge in [0.05, 0.1) is 6.61 Å². The number of aliphatic hydroxyl groups is 1. The number of carbonyl (C=O) groups is 2. The number of benzene rings is 1. The van der Waals surface area contributed by atoms with E-state index in [4.69, 9.17) is 21.4 Å². The molecule has 1 aliphatic rings. The lowest BCUT2D eigenvalue weighted by atomic mass is 9.91. The second kappa shape index (κ2) is 7.85. The van der Waals surface area contributed by atoms with Gasteiger partial charge in [-0.25, -0.2) is 4.79 Å². The summed E-state index contributed by atoms with van der Waals surface area (Å²) in [5, 5.41) is 19.5. The van der Waals surface area contributed by atoms with Crippen molar-refractivity contribution in [2.75, 3.05) is 19.7 Å². The van der Waals surface area contributed by atoms with E-state index in [1.807, 2.05) is 13.0 Å². The molecular formula is C17H22ClNO5. The summed E-state index contributed by atoms with van der Waals surface area (Å²) in [5.74, 6) is -0.548. The van der Waals surface area contributed by atoms with E-state index >= 15 is 0 Å². The zero-order valence-electron chi connectivity index (χ0n) is 13.6. The summed E-state index contributed by atoms with van der Waals surface area (Å²) in [6, 6.07) is 5.41. The van der Waals surface area contributed by atoms with Crippen molar-refractivity contribution < 1.29 is 24.5 Å². The Kier molecular flexibility index (Phi) is 6.07. The van der Waals surface area contributed by atoms with Crippen LogP contribution in [-0.4, -0.2) is 52.3 Å². The highest BCUT2D eigenvalue weighted by atomic mass is 35.5. The molecule has 1 aromatic carbocycles. The standard InChI is InChI=1S/C17H22ClNO5/c1-12-11-13(4-5-14(12)18)24-10-2-3-15(20)19-8-6-17(23,7-9-19)16(21)22/h4-5,11,23H,2-3,6-10H2,1H3,(H,21,22). The number of carboxylic acid groups (broad SMARTS) is 1. The Bertz CT molecular complexity index is 611. The zero-order chi connectivity index (χ0) is 17.7. The van der Waals surface area contributed by atoms with Crippen molar-refractivity contribution in [3.05, 3.63) is 28.8 Å². The number of aryl methyl sites for hydroxylation is 1. The molecule has 0 atom stereocenters. The van der Waals surface area contributed by atoms with Gasteiger partial charge in [0.2, 0.25) is 5.91 Å². The third-order valence-corrected chi connectivity index (χ3v) is 4.70. The lowest BCUT2D eigenvalue weighted by Crippen LogP contribution is -2.50. The number of hydrogen-bond donors (Lipinski definition) is 2. The van der Waals surface area contributed by atoms with Gasteiger partial charge in [-0.1, -0.05) is 11.6 Å². The van der Waals surface area contributed by atoms with Crippen molar-refractivity contribution in [3.8, 4) is 5.75 Å². The number of ether oxygens (including phenoxy) is 1. The van der Waals surface area contributed by atoms with Crippen LogP contribution in [0.1, 0.15) is 31.2 Å². The Morgan fingerprint density at radius 1 is 1.33 bits per heavy atom. The summed E-state index contributed by atoms with van der Waals surface area (Å²) in [5.41, 5.74) is -0.767. The molecule has 1 aromatic rings. The number of rotatable bonds is 6. The van der Waals surface area contributed by atoms with Crippen LogP contribution in [0.3, 0.4) is 0 Å².